The van der Waals surface area contributed by atoms with Gasteiger partial charge in [0.2, 0.25) is 0 Å². The Morgan fingerprint density at radius 3 is 2.89 bits per heavy atom. The molecule has 2 saturated carbocycles. The summed E-state index contributed by atoms with van der Waals surface area (Å²) in [5.41, 5.74) is 0.862. The van der Waals surface area contributed by atoms with Gasteiger partial charge in [-0.25, -0.2) is 0 Å². The van der Waals surface area contributed by atoms with E-state index in [1.807, 2.05) is 0 Å². The van der Waals surface area contributed by atoms with E-state index in [1.54, 1.807) is 0 Å². The molecule has 0 unspecified atom stereocenters. The molecule has 2 aliphatic carbocycles. The van der Waals surface area contributed by atoms with E-state index in [0.717, 1.165) is 19.3 Å². The van der Waals surface area contributed by atoms with E-state index >= 15 is 0 Å². The van der Waals surface area contributed by atoms with E-state index in [0.29, 0.717) is 12.3 Å². The number of ether oxygens (including phenoxy) is 1. The number of hydrogen-bond acceptors (Lipinski definition) is 3. The molecule has 0 amide bonds. The Kier molecular flexibility index (Phi) is 2.44. The Labute approximate surface area is 108 Å². The van der Waals surface area contributed by atoms with E-state index in [9.17, 15) is 9.90 Å². The Balaban J connectivity index is 2.07. The monoisotopic (exact) mass is 250 g/mol. The summed E-state index contributed by atoms with van der Waals surface area (Å²) in [5.74, 6) is 0.556. The van der Waals surface area contributed by atoms with Gasteiger partial charge in [-0.3, -0.25) is 4.79 Å². The molecular weight excluding hydrogens is 228 g/mol. The fourth-order valence-electron chi connectivity index (χ4n) is 4.56. The maximum Gasteiger partial charge on any atom is 0.313 e. The minimum absolute atomic E-state index is 0.0000694. The van der Waals surface area contributed by atoms with Crippen LogP contribution in [0.5, 0.6) is 0 Å². The first-order valence-electron chi connectivity index (χ1n) is 6.97. The van der Waals surface area contributed by atoms with Crippen LogP contribution in [0, 0.1) is 22.7 Å². The second kappa shape index (κ2) is 3.60. The zero-order valence-electron chi connectivity index (χ0n) is 11.2. The summed E-state index contributed by atoms with van der Waals surface area (Å²) in [4.78, 5) is 12.3. The summed E-state index contributed by atoms with van der Waals surface area (Å²) in [6, 6.07) is 0. The largest absolute Gasteiger partial charge is 0.461 e. The minimum Gasteiger partial charge on any atom is -0.461 e. The van der Waals surface area contributed by atoms with Gasteiger partial charge >= 0.3 is 5.97 Å². The van der Waals surface area contributed by atoms with Crippen LogP contribution in [0.2, 0.25) is 0 Å². The summed E-state index contributed by atoms with van der Waals surface area (Å²) in [6.45, 7) is 8.89. The van der Waals surface area contributed by atoms with Crippen LogP contribution in [0.25, 0.3) is 0 Å². The summed E-state index contributed by atoms with van der Waals surface area (Å²) >= 11 is 0. The fourth-order valence-corrected chi connectivity index (χ4v) is 4.56. The van der Waals surface area contributed by atoms with Gasteiger partial charge in [0.15, 0.2) is 0 Å². The molecule has 100 valence electrons. The number of carbonyl (C=O) groups excluding carboxylic acids is 1. The van der Waals surface area contributed by atoms with Crippen molar-refractivity contribution in [3.8, 4) is 0 Å². The lowest BCUT2D eigenvalue weighted by Gasteiger charge is -2.54. The molecule has 3 aliphatic rings. The van der Waals surface area contributed by atoms with Gasteiger partial charge in [-0.2, -0.15) is 0 Å². The normalized spacial score (nSPS) is 50.3. The van der Waals surface area contributed by atoms with E-state index in [1.165, 1.54) is 5.57 Å². The number of rotatable bonds is 2. The molecule has 0 aromatic heterocycles. The third-order valence-corrected chi connectivity index (χ3v) is 6.06. The van der Waals surface area contributed by atoms with Crippen LogP contribution in [0.1, 0.15) is 39.5 Å². The first-order valence-corrected chi connectivity index (χ1v) is 6.97. The number of hydrogen-bond donors (Lipinski definition) is 1. The molecule has 0 radical (unpaired) electrons. The number of esters is 1. The average Bonchev–Trinajstić information content (AvgIpc) is 2.59. The average molecular weight is 250 g/mol. The summed E-state index contributed by atoms with van der Waals surface area (Å²) in [5, 5.41) is 9.31. The predicted molar refractivity (Wildman–Crippen MR) is 67.8 cm³/mol. The molecule has 1 aliphatic heterocycles. The highest BCUT2D eigenvalue weighted by molar-refractivity contribution is 5.81. The molecule has 0 spiro atoms. The molecule has 1 heterocycles. The van der Waals surface area contributed by atoms with Crippen molar-refractivity contribution in [3.63, 3.8) is 0 Å². The van der Waals surface area contributed by atoms with Gasteiger partial charge < -0.3 is 9.84 Å². The van der Waals surface area contributed by atoms with Crippen molar-refractivity contribution in [3.05, 3.63) is 12.2 Å². The van der Waals surface area contributed by atoms with Crippen LogP contribution in [0.3, 0.4) is 0 Å². The van der Waals surface area contributed by atoms with Gasteiger partial charge in [-0.15, -0.1) is 0 Å². The molecule has 1 saturated heterocycles. The van der Waals surface area contributed by atoms with Crippen LogP contribution < -0.4 is 0 Å². The Morgan fingerprint density at radius 1 is 1.50 bits per heavy atom. The SMILES string of the molecule is C=C1[C@H]2[C@H]3C[C@@H](C)[C@]1(C)CC[C@]2(CCO)C(=O)O3. The van der Waals surface area contributed by atoms with Gasteiger partial charge in [-0.05, 0) is 37.0 Å². The molecule has 3 heteroatoms. The van der Waals surface area contributed by atoms with Crippen molar-refractivity contribution in [2.45, 2.75) is 45.6 Å². The quantitative estimate of drug-likeness (QED) is 0.604. The molecule has 1 N–H and O–H groups in total. The molecular formula is C15H22O3. The predicted octanol–water partition coefficient (Wildman–Crippen LogP) is 2.29. The zero-order valence-corrected chi connectivity index (χ0v) is 11.2. The highest BCUT2D eigenvalue weighted by Gasteiger charge is 2.65. The number of fused-ring (bicyclic) bond motifs is 1. The van der Waals surface area contributed by atoms with E-state index in [-0.39, 0.29) is 30.0 Å². The first-order chi connectivity index (χ1) is 8.45. The second-order valence-electron chi connectivity index (χ2n) is 6.63. The lowest BCUT2D eigenvalue weighted by molar-refractivity contribution is -0.150. The summed E-state index contributed by atoms with van der Waals surface area (Å²) in [7, 11) is 0. The highest BCUT2D eigenvalue weighted by atomic mass is 16.6. The van der Waals surface area contributed by atoms with Crippen LogP contribution in [0.4, 0.5) is 0 Å². The van der Waals surface area contributed by atoms with Gasteiger partial charge in [0.1, 0.15) is 6.10 Å². The van der Waals surface area contributed by atoms with Gasteiger partial charge in [0, 0.05) is 12.5 Å². The lowest BCUT2D eigenvalue weighted by atomic mass is 9.48. The van der Waals surface area contributed by atoms with E-state index in [4.69, 9.17) is 4.74 Å². The van der Waals surface area contributed by atoms with Crippen LogP contribution in [-0.4, -0.2) is 23.8 Å². The zero-order chi connectivity index (χ0) is 13.1. The molecule has 3 nitrogen and oxygen atoms in total. The molecule has 18 heavy (non-hydrogen) atoms. The minimum atomic E-state index is -0.476. The van der Waals surface area contributed by atoms with Gasteiger partial charge in [0.05, 0.1) is 5.41 Å². The van der Waals surface area contributed by atoms with Crippen LogP contribution in [-0.2, 0) is 9.53 Å². The molecule has 0 aromatic rings. The standard InChI is InChI=1S/C15H22O3/c1-9-8-11-12-10(2)14(9,3)4-5-15(12,6-7-16)13(17)18-11/h9,11-12,16H,2,4-8H2,1,3H3/t9-,11-,12+,14+,15-/m1/s1. The second-order valence-corrected chi connectivity index (χ2v) is 6.63. The van der Waals surface area contributed by atoms with Crippen molar-refractivity contribution in [2.75, 3.05) is 6.61 Å². The topological polar surface area (TPSA) is 46.5 Å². The number of aliphatic hydroxyl groups excluding tert-OH is 1. The van der Waals surface area contributed by atoms with Crippen molar-refractivity contribution in [1.82, 2.24) is 0 Å². The molecule has 2 bridgehead atoms. The van der Waals surface area contributed by atoms with E-state index in [2.05, 4.69) is 20.4 Å². The highest BCUT2D eigenvalue weighted by Crippen LogP contribution is 2.65. The lowest BCUT2D eigenvalue weighted by Crippen LogP contribution is -2.51. The Morgan fingerprint density at radius 2 is 2.22 bits per heavy atom. The first kappa shape index (κ1) is 12.2. The smallest absolute Gasteiger partial charge is 0.313 e. The fraction of sp³-hybridized carbons (Fsp3) is 0.800. The molecule has 3 fully saturated rings. The third kappa shape index (κ3) is 1.21. The maximum absolute atomic E-state index is 12.3. The summed E-state index contributed by atoms with van der Waals surface area (Å²) in [6.07, 6.45) is 3.30. The van der Waals surface area contributed by atoms with Crippen LogP contribution >= 0.6 is 0 Å². The number of aliphatic hydroxyl groups is 1. The van der Waals surface area contributed by atoms with Gasteiger partial charge in [0.25, 0.3) is 0 Å². The summed E-state index contributed by atoms with van der Waals surface area (Å²) < 4.78 is 5.63. The molecule has 3 rings (SSSR count). The third-order valence-electron chi connectivity index (χ3n) is 6.06. The van der Waals surface area contributed by atoms with Crippen molar-refractivity contribution < 1.29 is 14.6 Å². The van der Waals surface area contributed by atoms with E-state index < -0.39 is 5.41 Å². The van der Waals surface area contributed by atoms with Gasteiger partial charge in [-0.1, -0.05) is 26.0 Å². The molecule has 5 atom stereocenters. The maximum atomic E-state index is 12.3. The van der Waals surface area contributed by atoms with Crippen molar-refractivity contribution in [1.29, 1.82) is 0 Å². The van der Waals surface area contributed by atoms with Crippen LogP contribution in [0.15, 0.2) is 12.2 Å². The Hall–Kier alpha value is -0.830. The molecule has 0 aromatic carbocycles. The number of carbonyl (C=O) groups is 1. The Bertz CT molecular complexity index is 416. The van der Waals surface area contributed by atoms with Crippen molar-refractivity contribution >= 4 is 5.97 Å². The van der Waals surface area contributed by atoms with Crippen molar-refractivity contribution in [2.24, 2.45) is 22.7 Å².